The fourth-order valence-electron chi connectivity index (χ4n) is 3.95. The number of rotatable bonds is 4. The lowest BCUT2D eigenvalue weighted by atomic mass is 9.96. The molecule has 2 aliphatic rings. The molecule has 2 aliphatic heterocycles. The van der Waals surface area contributed by atoms with Crippen molar-refractivity contribution in [2.45, 2.75) is 51.7 Å². The zero-order valence-corrected chi connectivity index (χ0v) is 14.1. The Kier molecular flexibility index (Phi) is 4.47. The lowest BCUT2D eigenvalue weighted by Crippen LogP contribution is -2.36. The van der Waals surface area contributed by atoms with Crippen LogP contribution in [0, 0.1) is 5.92 Å². The summed E-state index contributed by atoms with van der Waals surface area (Å²) < 4.78 is 4.16. The highest BCUT2D eigenvalue weighted by atomic mass is 16.1. The van der Waals surface area contributed by atoms with Gasteiger partial charge >= 0.3 is 0 Å². The van der Waals surface area contributed by atoms with Crippen LogP contribution in [0.1, 0.15) is 37.2 Å². The molecule has 4 rings (SSSR count). The van der Waals surface area contributed by atoms with E-state index in [1.165, 1.54) is 36.8 Å². The number of imidazole rings is 1. The van der Waals surface area contributed by atoms with Crippen molar-refractivity contribution >= 4 is 0 Å². The highest BCUT2D eigenvalue weighted by Crippen LogP contribution is 2.22. The van der Waals surface area contributed by atoms with Crippen LogP contribution in [0.4, 0.5) is 0 Å². The number of fused-ring (bicyclic) bond motifs is 1. The quantitative estimate of drug-likeness (QED) is 0.857. The van der Waals surface area contributed by atoms with E-state index in [4.69, 9.17) is 0 Å². The molecule has 4 heterocycles. The standard InChI is InChI=1S/C18H25N5O/c24-18-4-7-19-14-22(18)12-15-5-9-21(10-6-15)13-17-20-11-16-3-1-2-8-23(16)17/h4,7,11,14-15H,1-3,5-6,8-10,12-13H2. The van der Waals surface area contributed by atoms with Gasteiger partial charge in [0.05, 0.1) is 12.9 Å². The second-order valence-electron chi connectivity index (χ2n) is 7.06. The zero-order chi connectivity index (χ0) is 16.4. The first kappa shape index (κ1) is 15.6. The van der Waals surface area contributed by atoms with Crippen LogP contribution in [0.3, 0.4) is 0 Å². The number of aromatic nitrogens is 4. The van der Waals surface area contributed by atoms with Gasteiger partial charge in [0, 0.05) is 37.2 Å². The Hall–Kier alpha value is -1.95. The second-order valence-corrected chi connectivity index (χ2v) is 7.06. The average molecular weight is 327 g/mol. The molecule has 2 aromatic rings. The molecule has 6 heteroatoms. The maximum absolute atomic E-state index is 11.8. The maximum Gasteiger partial charge on any atom is 0.253 e. The maximum atomic E-state index is 11.8. The van der Waals surface area contributed by atoms with Crippen LogP contribution in [0.25, 0.3) is 0 Å². The molecule has 2 aromatic heterocycles. The normalized spacial score (nSPS) is 19.3. The van der Waals surface area contributed by atoms with Crippen LogP contribution in [0.5, 0.6) is 0 Å². The summed E-state index contributed by atoms with van der Waals surface area (Å²) in [4.78, 5) is 23.0. The van der Waals surface area contributed by atoms with Gasteiger partial charge < -0.3 is 4.57 Å². The van der Waals surface area contributed by atoms with Gasteiger partial charge in [0.25, 0.3) is 5.56 Å². The SMILES string of the molecule is O=c1ccncn1CC1CCN(Cc2ncc3n2CCCC3)CC1. The summed E-state index contributed by atoms with van der Waals surface area (Å²) >= 11 is 0. The average Bonchev–Trinajstić information content (AvgIpc) is 3.02. The van der Waals surface area contributed by atoms with E-state index in [0.29, 0.717) is 5.92 Å². The minimum atomic E-state index is 0.0523. The molecule has 0 spiro atoms. The number of nitrogens with zero attached hydrogens (tertiary/aromatic N) is 5. The Balaban J connectivity index is 1.33. The molecule has 0 amide bonds. The van der Waals surface area contributed by atoms with Crippen molar-refractivity contribution < 1.29 is 0 Å². The van der Waals surface area contributed by atoms with Gasteiger partial charge in [-0.05, 0) is 51.1 Å². The topological polar surface area (TPSA) is 56.0 Å². The summed E-state index contributed by atoms with van der Waals surface area (Å²) in [5.41, 5.74) is 1.46. The molecule has 128 valence electrons. The molecule has 0 N–H and O–H groups in total. The van der Waals surface area contributed by atoms with E-state index in [1.807, 2.05) is 0 Å². The minimum absolute atomic E-state index is 0.0523. The molecular weight excluding hydrogens is 302 g/mol. The van der Waals surface area contributed by atoms with Crippen molar-refractivity contribution in [3.05, 3.63) is 46.7 Å². The molecule has 0 aromatic carbocycles. The number of aryl methyl sites for hydroxylation is 1. The molecule has 0 bridgehead atoms. The first-order chi connectivity index (χ1) is 11.8. The third kappa shape index (κ3) is 3.29. The van der Waals surface area contributed by atoms with Crippen LogP contribution in [0.2, 0.25) is 0 Å². The van der Waals surface area contributed by atoms with Crippen molar-refractivity contribution in [2.24, 2.45) is 5.92 Å². The van der Waals surface area contributed by atoms with Gasteiger partial charge in [-0.1, -0.05) is 0 Å². The molecule has 0 aliphatic carbocycles. The fourth-order valence-corrected chi connectivity index (χ4v) is 3.95. The molecular formula is C18H25N5O. The predicted molar refractivity (Wildman–Crippen MR) is 91.7 cm³/mol. The van der Waals surface area contributed by atoms with Crippen LogP contribution < -0.4 is 5.56 Å². The van der Waals surface area contributed by atoms with Crippen molar-refractivity contribution in [1.29, 1.82) is 0 Å². The smallest absolute Gasteiger partial charge is 0.253 e. The van der Waals surface area contributed by atoms with Gasteiger partial charge in [0.2, 0.25) is 0 Å². The molecule has 0 atom stereocenters. The monoisotopic (exact) mass is 327 g/mol. The number of hydrogen-bond acceptors (Lipinski definition) is 4. The largest absolute Gasteiger partial charge is 0.331 e. The van der Waals surface area contributed by atoms with Gasteiger partial charge in [0.1, 0.15) is 5.82 Å². The van der Waals surface area contributed by atoms with Gasteiger partial charge in [-0.25, -0.2) is 9.97 Å². The zero-order valence-electron chi connectivity index (χ0n) is 14.1. The fraction of sp³-hybridized carbons (Fsp3) is 0.611. The van der Waals surface area contributed by atoms with E-state index >= 15 is 0 Å². The molecule has 1 fully saturated rings. The first-order valence-electron chi connectivity index (χ1n) is 9.06. The highest BCUT2D eigenvalue weighted by molar-refractivity contribution is 5.08. The van der Waals surface area contributed by atoms with Crippen LogP contribution in [-0.2, 0) is 26.1 Å². The van der Waals surface area contributed by atoms with E-state index in [-0.39, 0.29) is 5.56 Å². The van der Waals surface area contributed by atoms with Crippen LogP contribution in [-0.4, -0.2) is 37.1 Å². The van der Waals surface area contributed by atoms with Gasteiger partial charge in [-0.2, -0.15) is 0 Å². The third-order valence-electron chi connectivity index (χ3n) is 5.40. The van der Waals surface area contributed by atoms with Gasteiger partial charge in [-0.3, -0.25) is 14.3 Å². The summed E-state index contributed by atoms with van der Waals surface area (Å²) in [6, 6.07) is 1.54. The van der Waals surface area contributed by atoms with Gasteiger partial charge in [0.15, 0.2) is 0 Å². The summed E-state index contributed by atoms with van der Waals surface area (Å²) in [6.45, 7) is 5.05. The molecule has 6 nitrogen and oxygen atoms in total. The van der Waals surface area contributed by atoms with Gasteiger partial charge in [-0.15, -0.1) is 0 Å². The Morgan fingerprint density at radius 2 is 2.04 bits per heavy atom. The van der Waals surface area contributed by atoms with E-state index in [1.54, 1.807) is 17.1 Å². The number of hydrogen-bond donors (Lipinski definition) is 0. The summed E-state index contributed by atoms with van der Waals surface area (Å²) in [6.07, 6.45) is 11.3. The van der Waals surface area contributed by atoms with E-state index in [0.717, 1.165) is 45.6 Å². The molecule has 0 unspecified atom stereocenters. The lowest BCUT2D eigenvalue weighted by Gasteiger charge is -2.32. The van der Waals surface area contributed by atoms with Crippen LogP contribution >= 0.6 is 0 Å². The predicted octanol–water partition coefficient (Wildman–Crippen LogP) is 1.69. The summed E-state index contributed by atoms with van der Waals surface area (Å²) in [5.74, 6) is 1.80. The van der Waals surface area contributed by atoms with E-state index in [9.17, 15) is 4.79 Å². The van der Waals surface area contributed by atoms with Crippen molar-refractivity contribution in [3.63, 3.8) is 0 Å². The first-order valence-corrected chi connectivity index (χ1v) is 9.06. The second kappa shape index (κ2) is 6.89. The number of piperidine rings is 1. The molecule has 24 heavy (non-hydrogen) atoms. The number of likely N-dealkylation sites (tertiary alicyclic amines) is 1. The molecule has 1 saturated heterocycles. The van der Waals surface area contributed by atoms with Crippen molar-refractivity contribution in [2.75, 3.05) is 13.1 Å². The molecule has 0 saturated carbocycles. The van der Waals surface area contributed by atoms with E-state index in [2.05, 4.69) is 25.6 Å². The van der Waals surface area contributed by atoms with E-state index < -0.39 is 0 Å². The Labute approximate surface area is 142 Å². The minimum Gasteiger partial charge on any atom is -0.331 e. The third-order valence-corrected chi connectivity index (χ3v) is 5.40. The highest BCUT2D eigenvalue weighted by Gasteiger charge is 2.22. The van der Waals surface area contributed by atoms with Crippen molar-refractivity contribution in [1.82, 2.24) is 24.0 Å². The lowest BCUT2D eigenvalue weighted by molar-refractivity contribution is 0.161. The Morgan fingerprint density at radius 1 is 1.17 bits per heavy atom. The van der Waals surface area contributed by atoms with Crippen LogP contribution in [0.15, 0.2) is 29.6 Å². The summed E-state index contributed by atoms with van der Waals surface area (Å²) in [7, 11) is 0. The van der Waals surface area contributed by atoms with Crippen molar-refractivity contribution in [3.8, 4) is 0 Å². The molecule has 0 radical (unpaired) electrons. The summed E-state index contributed by atoms with van der Waals surface area (Å²) in [5, 5.41) is 0. The Morgan fingerprint density at radius 3 is 2.88 bits per heavy atom. The Bertz CT molecular complexity index is 742.